The number of halogens is 2. The van der Waals surface area contributed by atoms with Crippen molar-refractivity contribution in [3.05, 3.63) is 33.3 Å². The molecule has 0 aromatic heterocycles. The van der Waals surface area contributed by atoms with E-state index in [0.717, 1.165) is 29.1 Å². The maximum absolute atomic E-state index is 6.00. The number of benzene rings is 1. The van der Waals surface area contributed by atoms with Crippen molar-refractivity contribution in [2.75, 3.05) is 19.6 Å². The van der Waals surface area contributed by atoms with Gasteiger partial charge in [-0.15, -0.1) is 0 Å². The van der Waals surface area contributed by atoms with Crippen molar-refractivity contribution in [2.24, 2.45) is 11.7 Å². The molecule has 1 fully saturated rings. The molecule has 94 valence electrons. The number of hydrogen-bond donors (Lipinski definition) is 1. The van der Waals surface area contributed by atoms with Crippen LogP contribution in [0.4, 0.5) is 0 Å². The van der Waals surface area contributed by atoms with Crippen molar-refractivity contribution in [3.8, 4) is 0 Å². The predicted molar refractivity (Wildman–Crippen MR) is 76.3 cm³/mol. The lowest BCUT2D eigenvalue weighted by molar-refractivity contribution is 0.241. The molecule has 2 atom stereocenters. The SMILES string of the molecule is CCN1CCC(CN)C1c1ccc(Cl)cc1Br. The smallest absolute Gasteiger partial charge is 0.0417 e. The third-order valence-electron chi connectivity index (χ3n) is 3.62. The Kier molecular flexibility index (Phi) is 4.47. The van der Waals surface area contributed by atoms with Gasteiger partial charge in [-0.2, -0.15) is 0 Å². The molecule has 0 amide bonds. The number of nitrogens with zero attached hydrogens (tertiary/aromatic N) is 1. The van der Waals surface area contributed by atoms with Crippen molar-refractivity contribution >= 4 is 27.5 Å². The van der Waals surface area contributed by atoms with Gasteiger partial charge in [0.15, 0.2) is 0 Å². The first kappa shape index (κ1) is 13.3. The largest absolute Gasteiger partial charge is 0.330 e. The predicted octanol–water partition coefficient (Wildman–Crippen LogP) is 3.44. The molecule has 2 nitrogen and oxygen atoms in total. The van der Waals surface area contributed by atoms with Crippen LogP contribution in [0.1, 0.15) is 24.9 Å². The lowest BCUT2D eigenvalue weighted by Gasteiger charge is -2.28. The van der Waals surface area contributed by atoms with Crippen LogP contribution in [0.2, 0.25) is 5.02 Å². The first-order valence-corrected chi connectivity index (χ1v) is 7.23. The molecule has 0 radical (unpaired) electrons. The Morgan fingerprint density at radius 1 is 1.53 bits per heavy atom. The number of rotatable bonds is 3. The molecular formula is C13H18BrClN2. The summed E-state index contributed by atoms with van der Waals surface area (Å²) in [5.41, 5.74) is 7.20. The van der Waals surface area contributed by atoms with E-state index in [-0.39, 0.29) is 0 Å². The average Bonchev–Trinajstić information content (AvgIpc) is 2.71. The van der Waals surface area contributed by atoms with Gasteiger partial charge in [0.1, 0.15) is 0 Å². The molecule has 0 aliphatic carbocycles. The van der Waals surface area contributed by atoms with E-state index >= 15 is 0 Å². The zero-order valence-electron chi connectivity index (χ0n) is 10.00. The summed E-state index contributed by atoms with van der Waals surface area (Å²) in [5, 5.41) is 0.769. The molecule has 1 aliphatic rings. The molecule has 2 N–H and O–H groups in total. The van der Waals surface area contributed by atoms with Gasteiger partial charge in [-0.05, 0) is 49.7 Å². The highest BCUT2D eigenvalue weighted by molar-refractivity contribution is 9.10. The highest BCUT2D eigenvalue weighted by Gasteiger charge is 2.34. The summed E-state index contributed by atoms with van der Waals surface area (Å²) in [7, 11) is 0. The fraction of sp³-hybridized carbons (Fsp3) is 0.538. The van der Waals surface area contributed by atoms with Crippen LogP contribution in [0.25, 0.3) is 0 Å². The molecule has 17 heavy (non-hydrogen) atoms. The Morgan fingerprint density at radius 3 is 2.88 bits per heavy atom. The van der Waals surface area contributed by atoms with Gasteiger partial charge < -0.3 is 5.73 Å². The molecule has 4 heteroatoms. The summed E-state index contributed by atoms with van der Waals surface area (Å²) in [4.78, 5) is 2.49. The second kappa shape index (κ2) is 5.70. The molecule has 0 spiro atoms. The molecule has 1 saturated heterocycles. The highest BCUT2D eigenvalue weighted by atomic mass is 79.9. The molecule has 1 heterocycles. The van der Waals surface area contributed by atoms with Crippen LogP contribution in [0, 0.1) is 5.92 Å². The second-order valence-electron chi connectivity index (χ2n) is 4.52. The fourth-order valence-electron chi connectivity index (χ4n) is 2.72. The van der Waals surface area contributed by atoms with E-state index in [0.29, 0.717) is 12.0 Å². The van der Waals surface area contributed by atoms with Crippen molar-refractivity contribution in [2.45, 2.75) is 19.4 Å². The van der Waals surface area contributed by atoms with Gasteiger partial charge >= 0.3 is 0 Å². The van der Waals surface area contributed by atoms with Crippen molar-refractivity contribution in [3.63, 3.8) is 0 Å². The Hall–Kier alpha value is -0.0900. The number of nitrogens with two attached hydrogens (primary N) is 1. The molecule has 1 aromatic rings. The third-order valence-corrected chi connectivity index (χ3v) is 4.54. The molecule has 2 unspecified atom stereocenters. The highest BCUT2D eigenvalue weighted by Crippen LogP contribution is 2.40. The standard InChI is InChI=1S/C13H18BrClN2/c1-2-17-6-5-9(8-16)13(17)11-4-3-10(15)7-12(11)14/h3-4,7,9,13H,2,5-6,8,16H2,1H3. The van der Waals surface area contributed by atoms with Crippen molar-refractivity contribution in [1.82, 2.24) is 4.90 Å². The molecule has 2 rings (SSSR count). The summed E-state index contributed by atoms with van der Waals surface area (Å²) in [6, 6.07) is 6.47. The van der Waals surface area contributed by atoms with Crippen LogP contribution < -0.4 is 5.73 Å². The molecule has 0 saturated carbocycles. The van der Waals surface area contributed by atoms with E-state index in [1.807, 2.05) is 12.1 Å². The van der Waals surface area contributed by atoms with E-state index in [1.54, 1.807) is 0 Å². The van der Waals surface area contributed by atoms with Gasteiger partial charge in [0.05, 0.1) is 0 Å². The van der Waals surface area contributed by atoms with E-state index in [9.17, 15) is 0 Å². The summed E-state index contributed by atoms with van der Waals surface area (Å²) in [6.45, 7) is 5.15. The quantitative estimate of drug-likeness (QED) is 0.925. The van der Waals surface area contributed by atoms with Gasteiger partial charge in [0, 0.05) is 15.5 Å². The zero-order valence-corrected chi connectivity index (χ0v) is 12.3. The van der Waals surface area contributed by atoms with Crippen LogP contribution in [-0.2, 0) is 0 Å². The Labute approximate surface area is 116 Å². The van der Waals surface area contributed by atoms with Crippen LogP contribution in [0.15, 0.2) is 22.7 Å². The minimum absolute atomic E-state index is 0.427. The molecular weight excluding hydrogens is 300 g/mol. The van der Waals surface area contributed by atoms with Gasteiger partial charge in [0.2, 0.25) is 0 Å². The Bertz CT molecular complexity index is 385. The van der Waals surface area contributed by atoms with E-state index < -0.39 is 0 Å². The average molecular weight is 318 g/mol. The van der Waals surface area contributed by atoms with Gasteiger partial charge in [0.25, 0.3) is 0 Å². The summed E-state index contributed by atoms with van der Waals surface area (Å²) in [5.74, 6) is 0.549. The maximum atomic E-state index is 6.00. The second-order valence-corrected chi connectivity index (χ2v) is 5.81. The lowest BCUT2D eigenvalue weighted by Crippen LogP contribution is -2.28. The maximum Gasteiger partial charge on any atom is 0.0417 e. The first-order valence-electron chi connectivity index (χ1n) is 6.06. The molecule has 1 aliphatic heterocycles. The normalized spacial score (nSPS) is 25.4. The topological polar surface area (TPSA) is 29.3 Å². The van der Waals surface area contributed by atoms with Gasteiger partial charge in [-0.1, -0.05) is 40.5 Å². The zero-order chi connectivity index (χ0) is 12.4. The van der Waals surface area contributed by atoms with E-state index in [2.05, 4.69) is 33.8 Å². The van der Waals surface area contributed by atoms with Crippen LogP contribution in [0.5, 0.6) is 0 Å². The molecule has 1 aromatic carbocycles. The van der Waals surface area contributed by atoms with Crippen LogP contribution in [0.3, 0.4) is 0 Å². The van der Waals surface area contributed by atoms with E-state index in [1.165, 1.54) is 12.0 Å². The number of likely N-dealkylation sites (tertiary alicyclic amines) is 1. The molecule has 0 bridgehead atoms. The fourth-order valence-corrected chi connectivity index (χ4v) is 3.64. The van der Waals surface area contributed by atoms with Gasteiger partial charge in [-0.3, -0.25) is 4.90 Å². The summed E-state index contributed by atoms with van der Waals surface area (Å²) in [6.07, 6.45) is 1.18. The van der Waals surface area contributed by atoms with Crippen LogP contribution in [-0.4, -0.2) is 24.5 Å². The summed E-state index contributed by atoms with van der Waals surface area (Å²) < 4.78 is 1.09. The Morgan fingerprint density at radius 2 is 2.29 bits per heavy atom. The lowest BCUT2D eigenvalue weighted by atomic mass is 9.94. The third kappa shape index (κ3) is 2.68. The van der Waals surface area contributed by atoms with Crippen molar-refractivity contribution < 1.29 is 0 Å². The minimum atomic E-state index is 0.427. The van der Waals surface area contributed by atoms with Crippen molar-refractivity contribution in [1.29, 1.82) is 0 Å². The van der Waals surface area contributed by atoms with Gasteiger partial charge in [-0.25, -0.2) is 0 Å². The van der Waals surface area contributed by atoms with Crippen LogP contribution >= 0.6 is 27.5 Å². The Balaban J connectivity index is 2.34. The number of hydrogen-bond acceptors (Lipinski definition) is 2. The first-order chi connectivity index (χ1) is 8.17. The minimum Gasteiger partial charge on any atom is -0.330 e. The monoisotopic (exact) mass is 316 g/mol. The van der Waals surface area contributed by atoms with E-state index in [4.69, 9.17) is 17.3 Å². The summed E-state index contributed by atoms with van der Waals surface area (Å²) >= 11 is 9.61.